The van der Waals surface area contributed by atoms with E-state index in [-0.39, 0.29) is 33.6 Å². The van der Waals surface area contributed by atoms with Crippen LogP contribution in [0.5, 0.6) is 0 Å². The van der Waals surface area contributed by atoms with Crippen LogP contribution in [0.25, 0.3) is 71.0 Å². The van der Waals surface area contributed by atoms with Gasteiger partial charge in [-0.15, -0.1) is 0 Å². The van der Waals surface area contributed by atoms with Crippen LogP contribution in [-0.2, 0) is 40.7 Å². The predicted molar refractivity (Wildman–Crippen MR) is 419 cm³/mol. The zero-order valence-electron chi connectivity index (χ0n) is 62.7. The molecule has 0 radical (unpaired) electrons. The van der Waals surface area contributed by atoms with Gasteiger partial charge in [0.25, 0.3) is 0 Å². The number of rotatable bonds is 14. The van der Waals surface area contributed by atoms with Gasteiger partial charge in [0.2, 0.25) is 0 Å². The number of hydrogen-bond donors (Lipinski definition) is 0. The molecule has 0 bridgehead atoms. The number of benzene rings is 5. The molecular weight excluding hydrogens is 1330 g/mol. The Morgan fingerprint density at radius 3 is 2.25 bits per heavy atom. The molecule has 0 amide bonds. The Bertz CT molecular complexity index is 6570. The van der Waals surface area contributed by atoms with E-state index in [2.05, 4.69) is 97.5 Å². The topological polar surface area (TPSA) is 52.6 Å². The van der Waals surface area contributed by atoms with E-state index in [1.807, 2.05) is 44.6 Å². The van der Waals surface area contributed by atoms with Crippen molar-refractivity contribution >= 4 is 82.9 Å². The number of allylic oxidation sites excluding steroid dienone is 14. The van der Waals surface area contributed by atoms with Crippen LogP contribution in [0.15, 0.2) is 124 Å². The van der Waals surface area contributed by atoms with E-state index in [1.165, 1.54) is 57.8 Å². The Morgan fingerprint density at radius 2 is 1.33 bits per heavy atom. The Hall–Kier alpha value is -7.04. The van der Waals surface area contributed by atoms with Gasteiger partial charge in [0.1, 0.15) is 0 Å². The number of unbranched alkanes of at least 4 members (excludes halogenated alkanes) is 1. The van der Waals surface area contributed by atoms with Gasteiger partial charge in [-0.3, -0.25) is 9.59 Å². The first-order valence-corrected chi connectivity index (χ1v) is 45.6. The van der Waals surface area contributed by atoms with Crippen LogP contribution in [0.1, 0.15) is 197 Å². The third-order valence-corrected chi connectivity index (χ3v) is 44.2. The van der Waals surface area contributed by atoms with Crippen LogP contribution >= 0.6 is 0 Å². The first kappa shape index (κ1) is 55.4. The quantitative estimate of drug-likeness (QED) is 0.0471. The molecule has 2 spiro atoms. The minimum atomic E-state index is -0.202. The largest absolute Gasteiger partial charge is 0.469 e. The van der Waals surface area contributed by atoms with Crippen LogP contribution in [0.3, 0.4) is 0 Å². The van der Waals surface area contributed by atoms with E-state index in [0.717, 1.165) is 193 Å². The molecule has 0 aliphatic heterocycles. The van der Waals surface area contributed by atoms with Crippen LogP contribution in [0.4, 0.5) is 0 Å². The summed E-state index contributed by atoms with van der Waals surface area (Å²) in [4.78, 5) is 27.9. The zero-order valence-corrected chi connectivity index (χ0v) is 62.7. The van der Waals surface area contributed by atoms with Gasteiger partial charge in [-0.1, -0.05) is 148 Å². The van der Waals surface area contributed by atoms with Gasteiger partial charge in [-0.25, -0.2) is 0 Å². The molecule has 14 fully saturated rings. The van der Waals surface area contributed by atoms with Crippen LogP contribution < -0.4 is 15.7 Å². The average Bonchev–Trinajstić information content (AvgIpc) is 1.42. The Kier molecular flexibility index (Phi) is 8.14. The fraction of sp³-hybridized carbons (Fsp3) is 0.543. The molecular formula is C105H90O4. The van der Waals surface area contributed by atoms with Gasteiger partial charge < -0.3 is 9.47 Å². The highest BCUT2D eigenvalue weighted by atomic mass is 16.5. The Balaban J connectivity index is 0.596. The number of carbonyl (C=O) groups is 2. The van der Waals surface area contributed by atoms with Crippen molar-refractivity contribution in [3.63, 3.8) is 0 Å². The highest BCUT2D eigenvalue weighted by Crippen LogP contribution is 2.99. The summed E-state index contributed by atoms with van der Waals surface area (Å²) in [6.07, 6.45) is 36.7. The second kappa shape index (κ2) is 16.0. The molecule has 534 valence electrons. The first-order valence-electron chi connectivity index (χ1n) is 45.6. The minimum absolute atomic E-state index is 0.000306. The summed E-state index contributed by atoms with van der Waals surface area (Å²) in [6.45, 7) is 2.78. The van der Waals surface area contributed by atoms with Crippen molar-refractivity contribution in [3.05, 3.63) is 190 Å². The first-order chi connectivity index (χ1) is 53.8. The summed E-state index contributed by atoms with van der Waals surface area (Å²) in [5.41, 5.74) is 38.3. The summed E-state index contributed by atoms with van der Waals surface area (Å²) >= 11 is 0. The predicted octanol–water partition coefficient (Wildman–Crippen LogP) is 18.3. The SMILES string of the molecule is CCCCOC(=O)CCCC1(c2cccc(C34C=C5CC6CC7C8C9C6C5C5C6C%10C(C%11=C(CC%12CC%13=CC%14CC%15(C%16C%14C%14C%13C(C%11%12)C%10C%14C(C96)C8%16)C7C%15(CCCC(=O)OC)c6ccccc6)C3)C54)c2)C2C3=c4c5c6c7c8c9c%10c%11c%12c%13c%14c%15c(c4c%13c5c%118)=C(CC%15=CC4CC5=C(C%10C(=CC=9CC7=CC621)C5)C%12C%144)C3. The number of esters is 2. The molecule has 7 aromatic rings. The molecule has 14 saturated carbocycles. The number of ether oxygens (including phenoxy) is 2. The smallest absolute Gasteiger partial charge is 0.305 e. The summed E-state index contributed by atoms with van der Waals surface area (Å²) in [6, 6.07) is 23.8. The van der Waals surface area contributed by atoms with E-state index in [9.17, 15) is 9.59 Å². The van der Waals surface area contributed by atoms with Crippen LogP contribution in [-0.4, -0.2) is 25.7 Å². The third-order valence-electron chi connectivity index (χ3n) is 44.2. The highest BCUT2D eigenvalue weighted by Gasteiger charge is 2.95. The lowest BCUT2D eigenvalue weighted by atomic mass is 9.43. The van der Waals surface area contributed by atoms with Crippen molar-refractivity contribution < 1.29 is 19.1 Å². The molecule has 0 N–H and O–H groups in total. The lowest BCUT2D eigenvalue weighted by Gasteiger charge is -2.61. The number of fused-ring (bicyclic) bond motifs is 2. The van der Waals surface area contributed by atoms with E-state index in [0.29, 0.717) is 60.4 Å². The van der Waals surface area contributed by atoms with Crippen LogP contribution in [0.2, 0.25) is 0 Å². The second-order valence-electron chi connectivity index (χ2n) is 44.7. The summed E-state index contributed by atoms with van der Waals surface area (Å²) in [5, 5.41) is 19.1. The van der Waals surface area contributed by atoms with Gasteiger partial charge in [-0.2, -0.15) is 0 Å². The standard InChI is InChI=1S/C105H90O4/c1-3-4-19-109-56(107)16-10-18-103(100-54-30-44-25-39-22-40-21-37-20-38-23-42-27-49-36-105(100,103)98-69(49)76-64(42)74-58(38)57(37)72-63(40)73-59(39)61(44)78-71(54)94(98)88-84(76)81(74)80(72)82(73)86(78)88)52-14-8-13-51(32-52)101-33-46-26-41-24-43-28-48-35-104-97-68(48)77-65(43)75-60(41)66(46)92-90-83(75)85(77)89-87-79-62-45(29-47(34-101)67(62)93(91(87)90)96(92)101)31-53(70(79)95(89)97)99(104)102(104,17-9-15-55(106)108-2)50-11-6-5-7-12-50/h5-8,11-14,22-23,28,32,34,36,40-41,45,48,53,58,60,62-63,65,67-68,70,72,75,77,79,83,85,87,89-93,95-97,99-100H,3-4,9-10,15-21,24-27,29-31,33,35H2,1-2H3. The van der Waals surface area contributed by atoms with Crippen molar-refractivity contribution in [2.75, 3.05) is 13.7 Å². The molecule has 0 saturated heterocycles. The van der Waals surface area contributed by atoms with Gasteiger partial charge >= 0.3 is 11.9 Å². The van der Waals surface area contributed by atoms with E-state index in [4.69, 9.17) is 9.47 Å². The molecule has 36 rings (SSSR count). The molecule has 35 unspecified atom stereocenters. The molecule has 4 heteroatoms. The van der Waals surface area contributed by atoms with Crippen LogP contribution in [0, 0.1) is 165 Å². The van der Waals surface area contributed by atoms with Crippen molar-refractivity contribution in [2.45, 2.75) is 168 Å². The summed E-state index contributed by atoms with van der Waals surface area (Å²) in [7, 11) is 1.63. The molecule has 0 aromatic heterocycles. The van der Waals surface area contributed by atoms with Gasteiger partial charge in [-0.05, 0) is 388 Å². The molecule has 29 aliphatic carbocycles. The molecule has 4 nitrogen and oxygen atoms in total. The maximum Gasteiger partial charge on any atom is 0.305 e. The van der Waals surface area contributed by atoms with Crippen molar-refractivity contribution in [1.82, 2.24) is 0 Å². The van der Waals surface area contributed by atoms with Crippen molar-refractivity contribution in [2.24, 2.45) is 165 Å². The zero-order chi connectivity index (χ0) is 68.9. The molecule has 29 aliphatic rings. The lowest BCUT2D eigenvalue weighted by molar-refractivity contribution is -0.144. The maximum absolute atomic E-state index is 14.5. The fourth-order valence-corrected chi connectivity index (χ4v) is 44.7. The number of carbonyl (C=O) groups excluding carboxylic acids is 2. The van der Waals surface area contributed by atoms with E-state index < -0.39 is 0 Å². The second-order valence-corrected chi connectivity index (χ2v) is 44.7. The van der Waals surface area contributed by atoms with Crippen molar-refractivity contribution in [3.8, 4) is 0 Å². The normalized spacial score (nSPS) is 51.2. The number of methoxy groups -OCH3 is 1. The van der Waals surface area contributed by atoms with Gasteiger partial charge in [0.15, 0.2) is 0 Å². The highest BCUT2D eigenvalue weighted by molar-refractivity contribution is 6.42. The summed E-state index contributed by atoms with van der Waals surface area (Å²) in [5.74, 6) is 24.0. The van der Waals surface area contributed by atoms with Gasteiger partial charge in [0.05, 0.1) is 13.7 Å². The van der Waals surface area contributed by atoms with Gasteiger partial charge in [0, 0.05) is 58.2 Å². The maximum atomic E-state index is 14.5. The minimum Gasteiger partial charge on any atom is -0.469 e. The fourth-order valence-electron chi connectivity index (χ4n) is 44.7. The molecule has 109 heavy (non-hydrogen) atoms. The third kappa shape index (κ3) is 4.71. The van der Waals surface area contributed by atoms with E-state index in [1.54, 1.807) is 133 Å². The molecule has 0 heterocycles. The summed E-state index contributed by atoms with van der Waals surface area (Å²) < 4.78 is 11.8. The Morgan fingerprint density at radius 1 is 0.532 bits per heavy atom. The van der Waals surface area contributed by atoms with Crippen molar-refractivity contribution in [1.29, 1.82) is 0 Å². The molecule has 7 aromatic carbocycles. The monoisotopic (exact) mass is 1410 g/mol. The average molecular weight is 1420 g/mol. The Labute approximate surface area is 634 Å². The van der Waals surface area contributed by atoms with E-state index >= 15 is 0 Å². The lowest BCUT2D eigenvalue weighted by Crippen LogP contribution is -2.58. The number of hydrogen-bond acceptors (Lipinski definition) is 4. The molecule has 35 atom stereocenters.